The molecule has 0 spiro atoms. The molecule has 1 aliphatic rings. The molecule has 0 unspecified atom stereocenters. The summed E-state index contributed by atoms with van der Waals surface area (Å²) in [6.45, 7) is 4.51. The Labute approximate surface area is 109 Å². The van der Waals surface area contributed by atoms with Gasteiger partial charge in [-0.3, -0.25) is 0 Å². The maximum Gasteiger partial charge on any atom is 0.218 e. The molecule has 4 heteroatoms. The molecule has 1 heterocycles. The number of ether oxygens (including phenoxy) is 1. The van der Waals surface area contributed by atoms with Crippen LogP contribution >= 0.6 is 0 Å². The third-order valence-electron chi connectivity index (χ3n) is 3.31. The molecule has 100 valence electrons. The van der Waals surface area contributed by atoms with Crippen molar-refractivity contribution in [2.24, 2.45) is 0 Å². The van der Waals surface area contributed by atoms with Crippen molar-refractivity contribution in [3.8, 4) is 5.88 Å². The second-order valence-corrected chi connectivity index (χ2v) is 4.90. The molecule has 1 aliphatic carbocycles. The van der Waals surface area contributed by atoms with Gasteiger partial charge in [-0.25, -0.2) is 4.98 Å². The summed E-state index contributed by atoms with van der Waals surface area (Å²) in [4.78, 5) is 8.70. The van der Waals surface area contributed by atoms with Crippen LogP contribution in [0.4, 0.5) is 5.82 Å². The molecule has 0 atom stereocenters. The van der Waals surface area contributed by atoms with Crippen molar-refractivity contribution in [1.82, 2.24) is 9.97 Å². The van der Waals surface area contributed by atoms with Crippen LogP contribution in [-0.4, -0.2) is 22.6 Å². The van der Waals surface area contributed by atoms with Gasteiger partial charge in [-0.1, -0.05) is 25.7 Å². The number of nitrogens with one attached hydrogen (secondary N) is 1. The summed E-state index contributed by atoms with van der Waals surface area (Å²) in [5.41, 5.74) is 0. The summed E-state index contributed by atoms with van der Waals surface area (Å²) in [6.07, 6.45) is 7.86. The highest BCUT2D eigenvalue weighted by Crippen LogP contribution is 2.21. The summed E-state index contributed by atoms with van der Waals surface area (Å²) in [7, 11) is 0. The first kappa shape index (κ1) is 13.1. The van der Waals surface area contributed by atoms with E-state index in [9.17, 15) is 0 Å². The highest BCUT2D eigenvalue weighted by atomic mass is 16.5. The normalized spacial score (nSPS) is 17.2. The zero-order chi connectivity index (χ0) is 12.8. The predicted octanol–water partition coefficient (Wildman–Crippen LogP) is 3.32. The van der Waals surface area contributed by atoms with Gasteiger partial charge < -0.3 is 10.1 Å². The van der Waals surface area contributed by atoms with E-state index in [4.69, 9.17) is 4.74 Å². The predicted molar refractivity (Wildman–Crippen MR) is 73.1 cm³/mol. The minimum atomic E-state index is 0.552. The van der Waals surface area contributed by atoms with Crippen LogP contribution in [0.25, 0.3) is 0 Å². The van der Waals surface area contributed by atoms with Gasteiger partial charge in [0.1, 0.15) is 11.6 Å². The van der Waals surface area contributed by atoms with E-state index < -0.39 is 0 Å². The van der Waals surface area contributed by atoms with Crippen molar-refractivity contribution in [1.29, 1.82) is 0 Å². The molecule has 2 rings (SSSR count). The second-order valence-electron chi connectivity index (χ2n) is 4.90. The average molecular weight is 249 g/mol. The fourth-order valence-corrected chi connectivity index (χ4v) is 2.47. The van der Waals surface area contributed by atoms with Crippen molar-refractivity contribution in [3.05, 3.63) is 11.9 Å². The van der Waals surface area contributed by atoms with Gasteiger partial charge in [0.25, 0.3) is 0 Å². The van der Waals surface area contributed by atoms with Crippen LogP contribution in [0.2, 0.25) is 0 Å². The molecule has 1 N–H and O–H groups in total. The molecule has 0 amide bonds. The maximum atomic E-state index is 5.45. The minimum Gasteiger partial charge on any atom is -0.478 e. The van der Waals surface area contributed by atoms with Crippen LogP contribution < -0.4 is 10.1 Å². The highest BCUT2D eigenvalue weighted by molar-refractivity contribution is 5.39. The minimum absolute atomic E-state index is 0.552. The molecule has 1 aromatic rings. The second kappa shape index (κ2) is 6.57. The third kappa shape index (κ3) is 3.86. The van der Waals surface area contributed by atoms with Gasteiger partial charge in [0.05, 0.1) is 6.61 Å². The van der Waals surface area contributed by atoms with Crippen molar-refractivity contribution in [2.45, 2.75) is 58.4 Å². The number of hydrogen-bond acceptors (Lipinski definition) is 4. The van der Waals surface area contributed by atoms with Gasteiger partial charge in [0.15, 0.2) is 0 Å². The maximum absolute atomic E-state index is 5.45. The standard InChI is InChI=1S/C14H23N3O/c1-3-18-14-10-13(15-11(2)16-14)17-12-8-6-4-5-7-9-12/h10,12H,3-9H2,1-2H3,(H,15,16,17). The summed E-state index contributed by atoms with van der Waals surface area (Å²) >= 11 is 0. The lowest BCUT2D eigenvalue weighted by atomic mass is 10.1. The van der Waals surface area contributed by atoms with E-state index in [-0.39, 0.29) is 0 Å². The van der Waals surface area contributed by atoms with Gasteiger partial charge in [0.2, 0.25) is 5.88 Å². The van der Waals surface area contributed by atoms with Crippen LogP contribution in [0.1, 0.15) is 51.3 Å². The summed E-state index contributed by atoms with van der Waals surface area (Å²) in [5, 5.41) is 3.53. The lowest BCUT2D eigenvalue weighted by Crippen LogP contribution is -2.19. The van der Waals surface area contributed by atoms with E-state index in [2.05, 4.69) is 15.3 Å². The van der Waals surface area contributed by atoms with E-state index >= 15 is 0 Å². The third-order valence-corrected chi connectivity index (χ3v) is 3.31. The summed E-state index contributed by atoms with van der Waals surface area (Å²) in [6, 6.07) is 2.46. The van der Waals surface area contributed by atoms with E-state index in [1.165, 1.54) is 38.5 Å². The molecule has 1 saturated carbocycles. The lowest BCUT2D eigenvalue weighted by Gasteiger charge is -2.17. The zero-order valence-corrected chi connectivity index (χ0v) is 11.4. The van der Waals surface area contributed by atoms with E-state index in [1.54, 1.807) is 0 Å². The van der Waals surface area contributed by atoms with Crippen LogP contribution in [-0.2, 0) is 0 Å². The fraction of sp³-hybridized carbons (Fsp3) is 0.714. The molecule has 18 heavy (non-hydrogen) atoms. The fourth-order valence-electron chi connectivity index (χ4n) is 2.47. The SMILES string of the molecule is CCOc1cc(NC2CCCCCC2)nc(C)n1. The van der Waals surface area contributed by atoms with Crippen LogP contribution in [0.3, 0.4) is 0 Å². The molecule has 0 aliphatic heterocycles. The van der Waals surface area contributed by atoms with Gasteiger partial charge in [-0.05, 0) is 26.7 Å². The quantitative estimate of drug-likeness (QED) is 0.832. The Kier molecular flexibility index (Phi) is 4.79. The molecule has 0 bridgehead atoms. The Balaban J connectivity index is 2.02. The van der Waals surface area contributed by atoms with E-state index in [0.717, 1.165) is 11.6 Å². The Morgan fingerprint density at radius 1 is 1.22 bits per heavy atom. The van der Waals surface area contributed by atoms with Crippen LogP contribution in [0, 0.1) is 6.92 Å². The van der Waals surface area contributed by atoms with E-state index in [1.807, 2.05) is 19.9 Å². The molecule has 1 aromatic heterocycles. The molecule has 4 nitrogen and oxygen atoms in total. The number of anilines is 1. The van der Waals surface area contributed by atoms with Gasteiger partial charge in [-0.15, -0.1) is 0 Å². The van der Waals surface area contributed by atoms with Crippen molar-refractivity contribution in [2.75, 3.05) is 11.9 Å². The average Bonchev–Trinajstić information content (AvgIpc) is 2.57. The molecule has 0 aromatic carbocycles. The number of aryl methyl sites for hydroxylation is 1. The van der Waals surface area contributed by atoms with Crippen LogP contribution in [0.15, 0.2) is 6.07 Å². The van der Waals surface area contributed by atoms with E-state index in [0.29, 0.717) is 18.5 Å². The zero-order valence-electron chi connectivity index (χ0n) is 11.4. The number of rotatable bonds is 4. The smallest absolute Gasteiger partial charge is 0.218 e. The summed E-state index contributed by atoms with van der Waals surface area (Å²) in [5.74, 6) is 2.33. The van der Waals surface area contributed by atoms with Crippen molar-refractivity contribution < 1.29 is 4.74 Å². The Hall–Kier alpha value is -1.32. The Morgan fingerprint density at radius 3 is 2.61 bits per heavy atom. The lowest BCUT2D eigenvalue weighted by molar-refractivity contribution is 0.325. The van der Waals surface area contributed by atoms with Crippen LogP contribution in [0.5, 0.6) is 5.88 Å². The first-order valence-corrected chi connectivity index (χ1v) is 7.03. The monoisotopic (exact) mass is 249 g/mol. The first-order valence-electron chi connectivity index (χ1n) is 7.03. The highest BCUT2D eigenvalue weighted by Gasteiger charge is 2.13. The van der Waals surface area contributed by atoms with Gasteiger partial charge in [-0.2, -0.15) is 4.98 Å². The first-order chi connectivity index (χ1) is 8.78. The number of aromatic nitrogens is 2. The van der Waals surface area contributed by atoms with Crippen molar-refractivity contribution in [3.63, 3.8) is 0 Å². The number of hydrogen-bond donors (Lipinski definition) is 1. The topological polar surface area (TPSA) is 47.0 Å². The Morgan fingerprint density at radius 2 is 1.94 bits per heavy atom. The van der Waals surface area contributed by atoms with Gasteiger partial charge >= 0.3 is 0 Å². The summed E-state index contributed by atoms with van der Waals surface area (Å²) < 4.78 is 5.45. The molecule has 0 saturated heterocycles. The van der Waals surface area contributed by atoms with Crippen molar-refractivity contribution >= 4 is 5.82 Å². The molecule has 0 radical (unpaired) electrons. The molecular formula is C14H23N3O. The molecular weight excluding hydrogens is 226 g/mol. The van der Waals surface area contributed by atoms with Gasteiger partial charge in [0, 0.05) is 12.1 Å². The Bertz CT molecular complexity index is 373. The largest absolute Gasteiger partial charge is 0.478 e. The number of nitrogens with zero attached hydrogens (tertiary/aromatic N) is 2. The molecule has 1 fully saturated rings.